The third-order valence-electron chi connectivity index (χ3n) is 3.58. The smallest absolute Gasteiger partial charge is 0.195 e. The lowest BCUT2D eigenvalue weighted by Gasteiger charge is -2.14. The van der Waals surface area contributed by atoms with Crippen LogP contribution in [0.3, 0.4) is 0 Å². The molecule has 0 amide bonds. The van der Waals surface area contributed by atoms with Crippen molar-refractivity contribution in [3.8, 4) is 11.5 Å². The highest BCUT2D eigenvalue weighted by Gasteiger charge is 2.11. The number of ether oxygens (including phenoxy) is 2. The predicted octanol–water partition coefficient (Wildman–Crippen LogP) is 3.69. The molecule has 2 aromatic carbocycles. The van der Waals surface area contributed by atoms with E-state index in [1.165, 1.54) is 0 Å². The third kappa shape index (κ3) is 4.32. The molecule has 0 unspecified atom stereocenters. The molecule has 2 N–H and O–H groups in total. The highest BCUT2D eigenvalue weighted by molar-refractivity contribution is 6.30. The Morgan fingerprint density at radius 2 is 1.96 bits per heavy atom. The van der Waals surface area contributed by atoms with Crippen molar-refractivity contribution >= 4 is 23.2 Å². The van der Waals surface area contributed by atoms with Gasteiger partial charge in [-0.15, -0.1) is 0 Å². The van der Waals surface area contributed by atoms with E-state index in [-0.39, 0.29) is 0 Å². The first-order valence-electron chi connectivity index (χ1n) is 7.86. The minimum Gasteiger partial charge on any atom is -0.490 e. The molecule has 2 aromatic rings. The molecule has 1 aliphatic heterocycles. The molecule has 0 aromatic heterocycles. The normalized spacial score (nSPS) is 14.0. The van der Waals surface area contributed by atoms with Crippen molar-refractivity contribution in [3.63, 3.8) is 0 Å². The molecule has 3 rings (SSSR count). The van der Waals surface area contributed by atoms with Gasteiger partial charge < -0.3 is 20.1 Å². The Bertz CT molecular complexity index is 734. The highest BCUT2D eigenvalue weighted by atomic mass is 35.5. The van der Waals surface area contributed by atoms with Gasteiger partial charge >= 0.3 is 0 Å². The number of rotatable bonds is 3. The van der Waals surface area contributed by atoms with Crippen LogP contribution in [0, 0.1) is 0 Å². The van der Waals surface area contributed by atoms with E-state index >= 15 is 0 Å². The lowest BCUT2D eigenvalue weighted by molar-refractivity contribution is 0.297. The SMILES string of the molecule is CN=C(NCc1cccc(Cl)c1)Nc1ccc2c(c1)OCCCO2. The molecule has 126 valence electrons. The summed E-state index contributed by atoms with van der Waals surface area (Å²) in [6.45, 7) is 1.98. The van der Waals surface area contributed by atoms with Crippen LogP contribution in [-0.4, -0.2) is 26.2 Å². The first-order valence-corrected chi connectivity index (χ1v) is 8.24. The summed E-state index contributed by atoms with van der Waals surface area (Å²) >= 11 is 6.01. The van der Waals surface area contributed by atoms with Gasteiger partial charge in [-0.3, -0.25) is 4.99 Å². The molecule has 0 radical (unpaired) electrons. The van der Waals surface area contributed by atoms with Crippen molar-refractivity contribution in [2.24, 2.45) is 4.99 Å². The molecule has 1 aliphatic rings. The van der Waals surface area contributed by atoms with E-state index in [1.807, 2.05) is 42.5 Å². The largest absolute Gasteiger partial charge is 0.490 e. The van der Waals surface area contributed by atoms with Crippen LogP contribution in [0.4, 0.5) is 5.69 Å². The van der Waals surface area contributed by atoms with E-state index < -0.39 is 0 Å². The first kappa shape index (κ1) is 16.5. The van der Waals surface area contributed by atoms with Crippen LogP contribution in [0.2, 0.25) is 5.02 Å². The summed E-state index contributed by atoms with van der Waals surface area (Å²) in [5.41, 5.74) is 1.97. The van der Waals surface area contributed by atoms with Crippen LogP contribution in [-0.2, 0) is 6.54 Å². The predicted molar refractivity (Wildman–Crippen MR) is 97.3 cm³/mol. The monoisotopic (exact) mass is 345 g/mol. The second-order valence-electron chi connectivity index (χ2n) is 5.39. The molecule has 0 bridgehead atoms. The molecule has 0 fully saturated rings. The van der Waals surface area contributed by atoms with Gasteiger partial charge in [0.1, 0.15) is 0 Å². The van der Waals surface area contributed by atoms with Gasteiger partial charge in [-0.25, -0.2) is 0 Å². The Morgan fingerprint density at radius 3 is 2.75 bits per heavy atom. The summed E-state index contributed by atoms with van der Waals surface area (Å²) in [6, 6.07) is 13.5. The average Bonchev–Trinajstić information content (AvgIpc) is 2.83. The third-order valence-corrected chi connectivity index (χ3v) is 3.82. The zero-order valence-electron chi connectivity index (χ0n) is 13.5. The van der Waals surface area contributed by atoms with Crippen molar-refractivity contribution < 1.29 is 9.47 Å². The van der Waals surface area contributed by atoms with Gasteiger partial charge in [0.25, 0.3) is 0 Å². The van der Waals surface area contributed by atoms with Gasteiger partial charge in [0.05, 0.1) is 13.2 Å². The molecule has 0 aliphatic carbocycles. The second kappa shape index (κ2) is 7.93. The van der Waals surface area contributed by atoms with E-state index in [0.29, 0.717) is 25.7 Å². The number of halogens is 1. The lowest BCUT2D eigenvalue weighted by atomic mass is 10.2. The van der Waals surface area contributed by atoms with Crippen LogP contribution >= 0.6 is 11.6 Å². The zero-order valence-corrected chi connectivity index (χ0v) is 14.3. The Kier molecular flexibility index (Phi) is 5.43. The number of guanidine groups is 1. The summed E-state index contributed by atoms with van der Waals surface area (Å²) in [4.78, 5) is 4.24. The minimum atomic E-state index is 0.630. The van der Waals surface area contributed by atoms with Crippen molar-refractivity contribution in [1.29, 1.82) is 0 Å². The Hall–Kier alpha value is -2.40. The second-order valence-corrected chi connectivity index (χ2v) is 5.83. The van der Waals surface area contributed by atoms with Gasteiger partial charge in [0.2, 0.25) is 0 Å². The summed E-state index contributed by atoms with van der Waals surface area (Å²) < 4.78 is 11.3. The van der Waals surface area contributed by atoms with Crippen molar-refractivity contribution in [2.75, 3.05) is 25.6 Å². The van der Waals surface area contributed by atoms with Crippen LogP contribution < -0.4 is 20.1 Å². The number of benzene rings is 2. The van der Waals surface area contributed by atoms with Gasteiger partial charge in [-0.2, -0.15) is 0 Å². The molecular formula is C18H20ClN3O2. The van der Waals surface area contributed by atoms with Crippen LogP contribution in [0.1, 0.15) is 12.0 Å². The molecule has 1 heterocycles. The highest BCUT2D eigenvalue weighted by Crippen LogP contribution is 2.32. The quantitative estimate of drug-likeness (QED) is 0.658. The zero-order chi connectivity index (χ0) is 16.8. The summed E-state index contributed by atoms with van der Waals surface area (Å²) in [5, 5.41) is 7.24. The number of hydrogen-bond donors (Lipinski definition) is 2. The number of fused-ring (bicyclic) bond motifs is 1. The summed E-state index contributed by atoms with van der Waals surface area (Å²) in [6.07, 6.45) is 0.889. The van der Waals surface area contributed by atoms with E-state index in [0.717, 1.165) is 34.2 Å². The standard InChI is InChI=1S/C18H20ClN3O2/c1-20-18(21-12-13-4-2-5-14(19)10-13)22-15-6-7-16-17(11-15)24-9-3-8-23-16/h2,4-7,10-11H,3,8-9,12H2,1H3,(H2,20,21,22). The van der Waals surface area contributed by atoms with Crippen LogP contribution in [0.25, 0.3) is 0 Å². The molecule has 5 nitrogen and oxygen atoms in total. The fourth-order valence-electron chi connectivity index (χ4n) is 2.39. The Labute approximate surface area is 146 Å². The van der Waals surface area contributed by atoms with Crippen molar-refractivity contribution in [1.82, 2.24) is 5.32 Å². The molecular weight excluding hydrogens is 326 g/mol. The van der Waals surface area contributed by atoms with Crippen molar-refractivity contribution in [3.05, 3.63) is 53.1 Å². The number of nitrogens with one attached hydrogen (secondary N) is 2. The topological polar surface area (TPSA) is 54.9 Å². The lowest BCUT2D eigenvalue weighted by Crippen LogP contribution is -2.30. The van der Waals surface area contributed by atoms with Gasteiger partial charge in [-0.1, -0.05) is 23.7 Å². The van der Waals surface area contributed by atoms with Crippen molar-refractivity contribution in [2.45, 2.75) is 13.0 Å². The summed E-state index contributed by atoms with van der Waals surface area (Å²) in [7, 11) is 1.73. The molecule has 0 spiro atoms. The maximum atomic E-state index is 6.01. The van der Waals surface area contributed by atoms with Crippen LogP contribution in [0.15, 0.2) is 47.5 Å². The molecule has 0 atom stereocenters. The molecule has 6 heteroatoms. The van der Waals surface area contributed by atoms with Gasteiger partial charge in [0, 0.05) is 36.8 Å². The van der Waals surface area contributed by atoms with E-state index in [9.17, 15) is 0 Å². The van der Waals surface area contributed by atoms with E-state index in [1.54, 1.807) is 7.05 Å². The Balaban J connectivity index is 1.64. The molecule has 0 saturated heterocycles. The number of aliphatic imine (C=N–C) groups is 1. The van der Waals surface area contributed by atoms with E-state index in [4.69, 9.17) is 21.1 Å². The number of hydrogen-bond acceptors (Lipinski definition) is 3. The molecule has 0 saturated carbocycles. The fourth-order valence-corrected chi connectivity index (χ4v) is 2.60. The number of anilines is 1. The first-order chi connectivity index (χ1) is 11.7. The maximum Gasteiger partial charge on any atom is 0.195 e. The fraction of sp³-hybridized carbons (Fsp3) is 0.278. The maximum absolute atomic E-state index is 6.01. The summed E-state index contributed by atoms with van der Waals surface area (Å²) in [5.74, 6) is 2.20. The van der Waals surface area contributed by atoms with Gasteiger partial charge in [-0.05, 0) is 29.8 Å². The van der Waals surface area contributed by atoms with Crippen LogP contribution in [0.5, 0.6) is 11.5 Å². The number of nitrogens with zero attached hydrogens (tertiary/aromatic N) is 1. The Morgan fingerprint density at radius 1 is 1.12 bits per heavy atom. The van der Waals surface area contributed by atoms with E-state index in [2.05, 4.69) is 15.6 Å². The van der Waals surface area contributed by atoms with Gasteiger partial charge in [0.15, 0.2) is 17.5 Å². The molecule has 24 heavy (non-hydrogen) atoms. The minimum absolute atomic E-state index is 0.630. The average molecular weight is 346 g/mol.